The number of ether oxygens (including phenoxy) is 3. The van der Waals surface area contributed by atoms with Crippen LogP contribution in [0.1, 0.15) is 37.9 Å². The van der Waals surface area contributed by atoms with Crippen LogP contribution in [-0.2, 0) is 16.0 Å². The molecule has 30 heavy (non-hydrogen) atoms. The Hall–Kier alpha value is -2.80. The number of esters is 1. The van der Waals surface area contributed by atoms with Crippen molar-refractivity contribution in [3.63, 3.8) is 0 Å². The monoisotopic (exact) mass is 426 g/mol. The van der Waals surface area contributed by atoms with Crippen LogP contribution in [0.5, 0.6) is 11.5 Å². The van der Waals surface area contributed by atoms with Gasteiger partial charge in [0.25, 0.3) is 0 Å². The maximum absolute atomic E-state index is 13.1. The molecule has 0 spiro atoms. The summed E-state index contributed by atoms with van der Waals surface area (Å²) in [5, 5.41) is 3.87. The first-order valence-corrected chi connectivity index (χ1v) is 10.6. The fraction of sp³-hybridized carbons (Fsp3) is 0.391. The number of anilines is 1. The van der Waals surface area contributed by atoms with E-state index in [0.29, 0.717) is 23.2 Å². The van der Waals surface area contributed by atoms with Crippen molar-refractivity contribution in [1.82, 2.24) is 5.32 Å². The van der Waals surface area contributed by atoms with Crippen LogP contribution in [0, 0.1) is 5.92 Å². The summed E-state index contributed by atoms with van der Waals surface area (Å²) in [6, 6.07) is 13.4. The number of carbonyl (C=O) groups excluding carboxylic acids is 1. The van der Waals surface area contributed by atoms with Crippen molar-refractivity contribution in [3.05, 3.63) is 53.6 Å². The van der Waals surface area contributed by atoms with Crippen LogP contribution in [-0.4, -0.2) is 30.5 Å². The third-order valence-corrected chi connectivity index (χ3v) is 6.15. The predicted molar refractivity (Wildman–Crippen MR) is 119 cm³/mol. The molecule has 2 bridgehead atoms. The second-order valence-electron chi connectivity index (χ2n) is 7.55. The zero-order valence-electron chi connectivity index (χ0n) is 17.6. The molecule has 6 nitrogen and oxygen atoms in total. The number of rotatable bonds is 5. The molecule has 0 aliphatic carbocycles. The summed E-state index contributed by atoms with van der Waals surface area (Å²) in [7, 11) is 1.60. The smallest absolute Gasteiger partial charge is 0.317 e. The summed E-state index contributed by atoms with van der Waals surface area (Å²) < 4.78 is 17.6. The molecule has 0 saturated carbocycles. The second kappa shape index (κ2) is 7.80. The van der Waals surface area contributed by atoms with E-state index in [-0.39, 0.29) is 12.0 Å². The number of fused-ring (bicyclic) bond motifs is 4. The molecule has 2 aromatic carbocycles. The highest BCUT2D eigenvalue weighted by atomic mass is 32.1. The Labute approximate surface area is 182 Å². The molecule has 158 valence electrons. The van der Waals surface area contributed by atoms with E-state index < -0.39 is 11.6 Å². The van der Waals surface area contributed by atoms with Crippen molar-refractivity contribution < 1.29 is 19.0 Å². The summed E-state index contributed by atoms with van der Waals surface area (Å²) in [6.07, 6.45) is 0.939. The molecule has 1 fully saturated rings. The zero-order chi connectivity index (χ0) is 21.5. The maximum atomic E-state index is 13.1. The molecular formula is C23H26N2O4S. The molecule has 1 saturated heterocycles. The highest BCUT2D eigenvalue weighted by molar-refractivity contribution is 7.80. The van der Waals surface area contributed by atoms with Crippen LogP contribution in [0.15, 0.2) is 42.5 Å². The topological polar surface area (TPSA) is 60.0 Å². The zero-order valence-corrected chi connectivity index (χ0v) is 18.4. The SMILES string of the molecule is CCOC(=O)C1C2NC(=S)N(c3ccc(CC)cc3)C1(C)Oc1c(OC)cccc12. The highest BCUT2D eigenvalue weighted by Gasteiger charge is 2.60. The number of nitrogens with one attached hydrogen (secondary N) is 1. The molecule has 2 aromatic rings. The van der Waals surface area contributed by atoms with E-state index in [0.717, 1.165) is 17.7 Å². The first-order valence-electron chi connectivity index (χ1n) is 10.2. The number of benzene rings is 2. The Morgan fingerprint density at radius 1 is 1.23 bits per heavy atom. The predicted octanol–water partition coefficient (Wildman–Crippen LogP) is 3.98. The summed E-state index contributed by atoms with van der Waals surface area (Å²) in [4.78, 5) is 15.0. The molecule has 3 unspecified atom stereocenters. The van der Waals surface area contributed by atoms with Gasteiger partial charge in [-0.15, -0.1) is 0 Å². The largest absolute Gasteiger partial charge is 0.493 e. The summed E-state index contributed by atoms with van der Waals surface area (Å²) in [6.45, 7) is 6.09. The molecule has 0 aromatic heterocycles. The maximum Gasteiger partial charge on any atom is 0.317 e. The van der Waals surface area contributed by atoms with Crippen LogP contribution in [0.3, 0.4) is 0 Å². The number of thiocarbonyl (C=S) groups is 1. The van der Waals surface area contributed by atoms with Crippen molar-refractivity contribution in [2.75, 3.05) is 18.6 Å². The normalized spacial score (nSPS) is 24.4. The quantitative estimate of drug-likeness (QED) is 0.573. The summed E-state index contributed by atoms with van der Waals surface area (Å²) in [5.41, 5.74) is 1.80. The van der Waals surface area contributed by atoms with Gasteiger partial charge in [0.1, 0.15) is 5.92 Å². The first kappa shape index (κ1) is 20.5. The van der Waals surface area contributed by atoms with Gasteiger partial charge in [0, 0.05) is 11.3 Å². The minimum atomic E-state index is -1.09. The van der Waals surface area contributed by atoms with Gasteiger partial charge >= 0.3 is 5.97 Å². The molecule has 3 atom stereocenters. The average molecular weight is 427 g/mol. The van der Waals surface area contributed by atoms with Gasteiger partial charge in [-0.3, -0.25) is 9.69 Å². The van der Waals surface area contributed by atoms with Crippen molar-refractivity contribution >= 4 is 29.0 Å². The second-order valence-corrected chi connectivity index (χ2v) is 7.93. The third-order valence-electron chi connectivity index (χ3n) is 5.85. The Morgan fingerprint density at radius 2 is 1.97 bits per heavy atom. The average Bonchev–Trinajstić information content (AvgIpc) is 2.73. The van der Waals surface area contributed by atoms with Gasteiger partial charge in [-0.2, -0.15) is 0 Å². The van der Waals surface area contributed by atoms with Gasteiger partial charge in [-0.1, -0.05) is 31.2 Å². The van der Waals surface area contributed by atoms with Crippen molar-refractivity contribution in [1.29, 1.82) is 0 Å². The fourth-order valence-corrected chi connectivity index (χ4v) is 4.81. The lowest BCUT2D eigenvalue weighted by atomic mass is 9.79. The van der Waals surface area contributed by atoms with Crippen LogP contribution >= 0.6 is 12.2 Å². The molecule has 0 amide bonds. The molecular weight excluding hydrogens is 400 g/mol. The van der Waals surface area contributed by atoms with Crippen molar-refractivity contribution in [2.24, 2.45) is 5.92 Å². The number of aryl methyl sites for hydroxylation is 1. The highest BCUT2D eigenvalue weighted by Crippen LogP contribution is 2.52. The number of nitrogens with zero attached hydrogens (tertiary/aromatic N) is 1. The lowest BCUT2D eigenvalue weighted by molar-refractivity contribution is -0.159. The number of hydrogen-bond donors (Lipinski definition) is 1. The lowest BCUT2D eigenvalue weighted by Crippen LogP contribution is -2.71. The van der Waals surface area contributed by atoms with Gasteiger partial charge in [0.15, 0.2) is 16.6 Å². The molecule has 2 aliphatic rings. The van der Waals surface area contributed by atoms with Crippen LogP contribution in [0.4, 0.5) is 5.69 Å². The Kier molecular flexibility index (Phi) is 5.32. The number of methoxy groups -OCH3 is 1. The Morgan fingerprint density at radius 3 is 2.60 bits per heavy atom. The lowest BCUT2D eigenvalue weighted by Gasteiger charge is -2.55. The van der Waals surface area contributed by atoms with Crippen LogP contribution in [0.2, 0.25) is 0 Å². The van der Waals surface area contributed by atoms with Gasteiger partial charge in [0.2, 0.25) is 5.72 Å². The van der Waals surface area contributed by atoms with E-state index in [9.17, 15) is 4.79 Å². The van der Waals surface area contributed by atoms with E-state index in [1.165, 1.54) is 5.56 Å². The molecule has 2 heterocycles. The molecule has 7 heteroatoms. The van der Waals surface area contributed by atoms with E-state index >= 15 is 0 Å². The van der Waals surface area contributed by atoms with Gasteiger partial charge in [-0.25, -0.2) is 0 Å². The molecule has 0 radical (unpaired) electrons. The van der Waals surface area contributed by atoms with Gasteiger partial charge in [-0.05, 0) is 56.2 Å². The third kappa shape index (κ3) is 3.08. The Balaban J connectivity index is 1.89. The van der Waals surface area contributed by atoms with Crippen molar-refractivity contribution in [2.45, 2.75) is 39.0 Å². The van der Waals surface area contributed by atoms with Crippen molar-refractivity contribution in [3.8, 4) is 11.5 Å². The van der Waals surface area contributed by atoms with Crippen LogP contribution < -0.4 is 19.7 Å². The van der Waals surface area contributed by atoms with E-state index in [1.54, 1.807) is 14.0 Å². The van der Waals surface area contributed by atoms with E-state index in [2.05, 4.69) is 24.4 Å². The van der Waals surface area contributed by atoms with E-state index in [1.807, 2.05) is 42.2 Å². The standard InChI is InChI=1S/C23H26N2O4S/c1-5-14-10-12-15(13-11-14)25-22(30)24-19-16-8-7-9-17(27-4)20(16)29-23(25,3)18(19)21(26)28-6-2/h7-13,18-19H,5-6H2,1-4H3,(H,24,30). The minimum absolute atomic E-state index is 0.290. The molecule has 1 N–H and O–H groups in total. The summed E-state index contributed by atoms with van der Waals surface area (Å²) >= 11 is 5.74. The van der Waals surface area contributed by atoms with Gasteiger partial charge < -0.3 is 19.5 Å². The fourth-order valence-electron chi connectivity index (χ4n) is 4.39. The van der Waals surface area contributed by atoms with Crippen LogP contribution in [0.25, 0.3) is 0 Å². The minimum Gasteiger partial charge on any atom is -0.493 e. The number of carbonyl (C=O) groups is 1. The van der Waals surface area contributed by atoms with Gasteiger partial charge in [0.05, 0.1) is 19.8 Å². The Bertz CT molecular complexity index is 978. The number of hydrogen-bond acceptors (Lipinski definition) is 5. The molecule has 2 aliphatic heterocycles. The number of para-hydroxylation sites is 1. The molecule has 4 rings (SSSR count). The summed E-state index contributed by atoms with van der Waals surface area (Å²) in [5.74, 6) is 0.262. The van der Waals surface area contributed by atoms with E-state index in [4.69, 9.17) is 26.4 Å². The first-order chi connectivity index (χ1) is 14.4.